The topological polar surface area (TPSA) is 114 Å². The van der Waals surface area contributed by atoms with Crippen LogP contribution in [-0.2, 0) is 0 Å². The molecule has 0 atom stereocenters. The number of rotatable bonds is 3. The molecule has 0 aliphatic carbocycles. The van der Waals surface area contributed by atoms with E-state index in [1.807, 2.05) is 0 Å². The summed E-state index contributed by atoms with van der Waals surface area (Å²) < 4.78 is 5.22. The molecule has 2 amide bonds. The van der Waals surface area contributed by atoms with Crippen molar-refractivity contribution in [2.75, 3.05) is 0 Å². The van der Waals surface area contributed by atoms with Crippen LogP contribution in [-0.4, -0.2) is 16.7 Å². The van der Waals surface area contributed by atoms with Gasteiger partial charge in [0.1, 0.15) is 11.5 Å². The highest BCUT2D eigenvalue weighted by Crippen LogP contribution is 2.14. The smallest absolute Gasteiger partial charge is 0.273 e. The van der Waals surface area contributed by atoms with Crippen molar-refractivity contribution in [1.82, 2.24) is 10.9 Å². The number of hydrogen-bond acceptors (Lipinski definition) is 5. The molecule has 2 N–H and O–H groups in total. The first-order valence-electron chi connectivity index (χ1n) is 6.30. The average Bonchev–Trinajstić information content (AvgIpc) is 2.83. The number of aryl methyl sites for hydroxylation is 2. The van der Waals surface area contributed by atoms with Gasteiger partial charge in [-0.3, -0.25) is 30.6 Å². The lowest BCUT2D eigenvalue weighted by atomic mass is 10.2. The van der Waals surface area contributed by atoms with Gasteiger partial charge in [-0.1, -0.05) is 6.07 Å². The molecular formula is C14H13N3O5. The Balaban J connectivity index is 2.04. The standard InChI is InChI=1S/C14H13N3O5/c1-8-6-12(9(2)22-8)14(19)16-15-13(18)10-4-3-5-11(7-10)17(20)21/h3-7H,1-2H3,(H,15,18)(H,16,19). The second-order valence-electron chi connectivity index (χ2n) is 4.54. The van der Waals surface area contributed by atoms with Crippen LogP contribution in [0.4, 0.5) is 5.69 Å². The molecule has 2 rings (SSSR count). The number of non-ortho nitro benzene ring substituents is 1. The number of nitrogens with zero attached hydrogens (tertiary/aromatic N) is 1. The predicted octanol–water partition coefficient (Wildman–Crippen LogP) is 1.88. The van der Waals surface area contributed by atoms with Gasteiger partial charge in [-0.05, 0) is 26.0 Å². The van der Waals surface area contributed by atoms with E-state index in [9.17, 15) is 19.7 Å². The number of nitrogens with one attached hydrogen (secondary N) is 2. The van der Waals surface area contributed by atoms with E-state index in [1.165, 1.54) is 18.2 Å². The van der Waals surface area contributed by atoms with E-state index in [0.717, 1.165) is 6.07 Å². The Labute approximate surface area is 125 Å². The minimum Gasteiger partial charge on any atom is -0.466 e. The average molecular weight is 303 g/mol. The Morgan fingerprint density at radius 3 is 2.41 bits per heavy atom. The number of nitro benzene ring substituents is 1. The van der Waals surface area contributed by atoms with E-state index < -0.39 is 16.7 Å². The lowest BCUT2D eigenvalue weighted by Crippen LogP contribution is -2.41. The number of nitro groups is 1. The number of amides is 2. The van der Waals surface area contributed by atoms with Crippen molar-refractivity contribution >= 4 is 17.5 Å². The third-order valence-corrected chi connectivity index (χ3v) is 2.89. The van der Waals surface area contributed by atoms with Crippen molar-refractivity contribution in [3.05, 3.63) is 63.1 Å². The van der Waals surface area contributed by atoms with E-state index in [2.05, 4.69) is 10.9 Å². The van der Waals surface area contributed by atoms with Gasteiger partial charge in [-0.25, -0.2) is 0 Å². The molecule has 0 unspecified atom stereocenters. The van der Waals surface area contributed by atoms with Gasteiger partial charge in [0.25, 0.3) is 17.5 Å². The zero-order valence-corrected chi connectivity index (χ0v) is 11.9. The van der Waals surface area contributed by atoms with Crippen LogP contribution in [0.15, 0.2) is 34.7 Å². The lowest BCUT2D eigenvalue weighted by molar-refractivity contribution is -0.384. The Morgan fingerprint density at radius 2 is 1.82 bits per heavy atom. The minimum absolute atomic E-state index is 0.0644. The van der Waals surface area contributed by atoms with E-state index in [1.54, 1.807) is 19.9 Å². The number of benzene rings is 1. The van der Waals surface area contributed by atoms with Gasteiger partial charge in [-0.2, -0.15) is 0 Å². The Hall–Kier alpha value is -3.16. The number of hydrogen-bond donors (Lipinski definition) is 2. The highest BCUT2D eigenvalue weighted by atomic mass is 16.6. The van der Waals surface area contributed by atoms with Crippen molar-refractivity contribution in [2.45, 2.75) is 13.8 Å². The molecule has 0 spiro atoms. The molecule has 0 bridgehead atoms. The van der Waals surface area contributed by atoms with Crippen molar-refractivity contribution < 1.29 is 18.9 Å². The first-order valence-corrected chi connectivity index (χ1v) is 6.30. The fourth-order valence-electron chi connectivity index (χ4n) is 1.87. The largest absolute Gasteiger partial charge is 0.466 e. The molecular weight excluding hydrogens is 290 g/mol. The molecule has 8 nitrogen and oxygen atoms in total. The molecule has 0 aliphatic rings. The predicted molar refractivity (Wildman–Crippen MR) is 76.2 cm³/mol. The third-order valence-electron chi connectivity index (χ3n) is 2.89. The monoisotopic (exact) mass is 303 g/mol. The van der Waals surface area contributed by atoms with Crippen molar-refractivity contribution in [3.8, 4) is 0 Å². The van der Waals surface area contributed by atoms with Crippen LogP contribution in [0.25, 0.3) is 0 Å². The SMILES string of the molecule is Cc1cc(C(=O)NNC(=O)c2cccc([N+](=O)[O-])c2)c(C)o1. The van der Waals surface area contributed by atoms with E-state index in [0.29, 0.717) is 17.1 Å². The normalized spacial score (nSPS) is 10.1. The van der Waals surface area contributed by atoms with Crippen molar-refractivity contribution in [1.29, 1.82) is 0 Å². The molecule has 114 valence electrons. The van der Waals surface area contributed by atoms with E-state index >= 15 is 0 Å². The summed E-state index contributed by atoms with van der Waals surface area (Å²) in [5.74, 6) is -0.185. The fourth-order valence-corrected chi connectivity index (χ4v) is 1.87. The molecule has 22 heavy (non-hydrogen) atoms. The third kappa shape index (κ3) is 3.29. The van der Waals surface area contributed by atoms with Crippen LogP contribution >= 0.6 is 0 Å². The van der Waals surface area contributed by atoms with Gasteiger partial charge in [-0.15, -0.1) is 0 Å². The first kappa shape index (κ1) is 15.2. The number of furan rings is 1. The molecule has 0 saturated carbocycles. The number of carbonyl (C=O) groups is 2. The van der Waals surface area contributed by atoms with Gasteiger partial charge in [0.05, 0.1) is 10.5 Å². The summed E-state index contributed by atoms with van der Waals surface area (Å²) in [5, 5.41) is 10.7. The molecule has 1 aromatic carbocycles. The molecule has 0 fully saturated rings. The molecule has 0 saturated heterocycles. The van der Waals surface area contributed by atoms with Crippen LogP contribution in [0.5, 0.6) is 0 Å². The Kier molecular flexibility index (Phi) is 4.21. The van der Waals surface area contributed by atoms with Gasteiger partial charge in [0.15, 0.2) is 0 Å². The van der Waals surface area contributed by atoms with Gasteiger partial charge in [0.2, 0.25) is 0 Å². The van der Waals surface area contributed by atoms with Gasteiger partial charge >= 0.3 is 0 Å². The first-order chi connectivity index (χ1) is 10.4. The number of hydrazine groups is 1. The maximum atomic E-state index is 11.9. The Morgan fingerprint density at radius 1 is 1.14 bits per heavy atom. The summed E-state index contributed by atoms with van der Waals surface area (Å²) in [4.78, 5) is 33.8. The van der Waals surface area contributed by atoms with E-state index in [4.69, 9.17) is 4.42 Å². The zero-order valence-electron chi connectivity index (χ0n) is 11.9. The quantitative estimate of drug-likeness (QED) is 0.663. The highest BCUT2D eigenvalue weighted by molar-refractivity contribution is 5.99. The second-order valence-corrected chi connectivity index (χ2v) is 4.54. The fraction of sp³-hybridized carbons (Fsp3) is 0.143. The summed E-state index contributed by atoms with van der Waals surface area (Å²) in [7, 11) is 0. The summed E-state index contributed by atoms with van der Waals surface area (Å²) in [6.45, 7) is 3.33. The minimum atomic E-state index is -0.657. The Bertz CT molecular complexity index is 751. The molecule has 0 aliphatic heterocycles. The highest BCUT2D eigenvalue weighted by Gasteiger charge is 2.15. The van der Waals surface area contributed by atoms with Gasteiger partial charge in [0, 0.05) is 17.7 Å². The van der Waals surface area contributed by atoms with Crippen LogP contribution < -0.4 is 10.9 Å². The maximum Gasteiger partial charge on any atom is 0.273 e. The summed E-state index contributed by atoms with van der Waals surface area (Å²) in [5.41, 5.74) is 4.59. The lowest BCUT2D eigenvalue weighted by Gasteiger charge is -2.06. The zero-order chi connectivity index (χ0) is 16.3. The van der Waals surface area contributed by atoms with Crippen molar-refractivity contribution in [3.63, 3.8) is 0 Å². The number of carbonyl (C=O) groups excluding carboxylic acids is 2. The van der Waals surface area contributed by atoms with E-state index in [-0.39, 0.29) is 11.3 Å². The molecule has 8 heteroatoms. The van der Waals surface area contributed by atoms with Crippen LogP contribution in [0.2, 0.25) is 0 Å². The van der Waals surface area contributed by atoms with Crippen LogP contribution in [0.1, 0.15) is 32.2 Å². The summed E-state index contributed by atoms with van der Waals surface area (Å²) in [6.07, 6.45) is 0. The van der Waals surface area contributed by atoms with Gasteiger partial charge < -0.3 is 4.42 Å². The summed E-state index contributed by atoms with van der Waals surface area (Å²) >= 11 is 0. The van der Waals surface area contributed by atoms with Crippen molar-refractivity contribution in [2.24, 2.45) is 0 Å². The summed E-state index contributed by atoms with van der Waals surface area (Å²) in [6, 6.07) is 6.73. The molecule has 2 aromatic rings. The van der Waals surface area contributed by atoms with Crippen LogP contribution in [0.3, 0.4) is 0 Å². The maximum absolute atomic E-state index is 11.9. The molecule has 1 heterocycles. The molecule has 1 aromatic heterocycles. The second kappa shape index (κ2) is 6.08. The van der Waals surface area contributed by atoms with Crippen LogP contribution in [0, 0.1) is 24.0 Å². The molecule has 0 radical (unpaired) electrons.